The highest BCUT2D eigenvalue weighted by atomic mass is 16.2. The predicted octanol–water partition coefficient (Wildman–Crippen LogP) is 0.0616. The first-order chi connectivity index (χ1) is 12.6. The summed E-state index contributed by atoms with van der Waals surface area (Å²) in [7, 11) is 1.75. The molecule has 10 heteroatoms. The third kappa shape index (κ3) is 3.13. The van der Waals surface area contributed by atoms with Crippen LogP contribution in [0, 0.1) is 6.92 Å². The molecule has 1 aliphatic heterocycles. The molecule has 0 spiro atoms. The third-order valence-electron chi connectivity index (χ3n) is 4.26. The summed E-state index contributed by atoms with van der Waals surface area (Å²) in [4.78, 5) is 25.4. The highest BCUT2D eigenvalue weighted by Crippen LogP contribution is 2.17. The van der Waals surface area contributed by atoms with Crippen molar-refractivity contribution in [2.24, 2.45) is 7.05 Å². The Hall–Kier alpha value is -3.30. The molecule has 0 aromatic carbocycles. The quantitative estimate of drug-likeness (QED) is 0.657. The van der Waals surface area contributed by atoms with Gasteiger partial charge in [0.2, 0.25) is 0 Å². The zero-order valence-electron chi connectivity index (χ0n) is 14.6. The van der Waals surface area contributed by atoms with Gasteiger partial charge in [0, 0.05) is 51.7 Å². The second-order valence-electron chi connectivity index (χ2n) is 6.14. The predicted molar refractivity (Wildman–Crippen MR) is 93.0 cm³/mol. The molecule has 10 nitrogen and oxygen atoms in total. The first kappa shape index (κ1) is 16.2. The molecule has 0 aliphatic carbocycles. The summed E-state index contributed by atoms with van der Waals surface area (Å²) in [6.45, 7) is 4.47. The van der Waals surface area contributed by atoms with Crippen LogP contribution in [0.15, 0.2) is 30.7 Å². The maximum absolute atomic E-state index is 12.5. The number of hydrogen-bond donors (Lipinski definition) is 0. The SMILES string of the molecule is Cc1nc(N2CCN(C(=O)c3cn(C)nn3)CC2)cc(-n2cccn2)n1. The first-order valence-electron chi connectivity index (χ1n) is 8.36. The molecule has 1 fully saturated rings. The Labute approximate surface area is 150 Å². The summed E-state index contributed by atoms with van der Waals surface area (Å²) in [6, 6.07) is 3.77. The van der Waals surface area contributed by atoms with Crippen molar-refractivity contribution in [1.29, 1.82) is 0 Å². The molecule has 3 aromatic rings. The van der Waals surface area contributed by atoms with Crippen LogP contribution in [0.25, 0.3) is 5.82 Å². The van der Waals surface area contributed by atoms with Crippen LogP contribution in [0.5, 0.6) is 0 Å². The molecule has 0 N–H and O–H groups in total. The van der Waals surface area contributed by atoms with E-state index >= 15 is 0 Å². The summed E-state index contributed by atoms with van der Waals surface area (Å²) in [5.41, 5.74) is 0.375. The van der Waals surface area contributed by atoms with Gasteiger partial charge in [0.05, 0.1) is 6.20 Å². The van der Waals surface area contributed by atoms with E-state index in [9.17, 15) is 4.79 Å². The van der Waals surface area contributed by atoms with Crippen molar-refractivity contribution in [3.8, 4) is 5.82 Å². The Balaban J connectivity index is 1.47. The number of piperazine rings is 1. The molecule has 1 amide bonds. The number of aromatic nitrogens is 7. The topological polar surface area (TPSA) is 97.9 Å². The maximum atomic E-state index is 12.5. The highest BCUT2D eigenvalue weighted by Gasteiger charge is 2.25. The van der Waals surface area contributed by atoms with Crippen molar-refractivity contribution in [2.75, 3.05) is 31.1 Å². The summed E-state index contributed by atoms with van der Waals surface area (Å²) >= 11 is 0. The van der Waals surface area contributed by atoms with E-state index in [4.69, 9.17) is 0 Å². The van der Waals surface area contributed by atoms with Gasteiger partial charge in [-0.1, -0.05) is 5.21 Å². The van der Waals surface area contributed by atoms with Gasteiger partial charge in [0.15, 0.2) is 11.5 Å². The van der Waals surface area contributed by atoms with Crippen molar-refractivity contribution >= 4 is 11.7 Å². The van der Waals surface area contributed by atoms with Crippen LogP contribution >= 0.6 is 0 Å². The molecule has 4 heterocycles. The molecule has 1 saturated heterocycles. The summed E-state index contributed by atoms with van der Waals surface area (Å²) < 4.78 is 3.25. The largest absolute Gasteiger partial charge is 0.353 e. The van der Waals surface area contributed by atoms with Crippen LogP contribution in [-0.4, -0.2) is 71.7 Å². The number of anilines is 1. The van der Waals surface area contributed by atoms with E-state index in [1.807, 2.05) is 25.3 Å². The molecule has 0 saturated carbocycles. The minimum atomic E-state index is -0.0890. The number of amides is 1. The minimum Gasteiger partial charge on any atom is -0.353 e. The fourth-order valence-corrected chi connectivity index (χ4v) is 2.97. The number of carbonyl (C=O) groups is 1. The van der Waals surface area contributed by atoms with Crippen molar-refractivity contribution < 1.29 is 4.79 Å². The molecular formula is C16H19N9O. The molecule has 3 aromatic heterocycles. The molecule has 0 unspecified atom stereocenters. The first-order valence-corrected chi connectivity index (χ1v) is 8.36. The van der Waals surface area contributed by atoms with Gasteiger partial charge in [0.1, 0.15) is 11.6 Å². The molecular weight excluding hydrogens is 334 g/mol. The van der Waals surface area contributed by atoms with Gasteiger partial charge in [-0.05, 0) is 13.0 Å². The Kier molecular flexibility index (Phi) is 4.07. The smallest absolute Gasteiger partial charge is 0.276 e. The summed E-state index contributed by atoms with van der Waals surface area (Å²) in [5, 5.41) is 11.9. The van der Waals surface area contributed by atoms with Crippen LogP contribution in [0.1, 0.15) is 16.3 Å². The van der Waals surface area contributed by atoms with Crippen LogP contribution in [-0.2, 0) is 7.05 Å². The monoisotopic (exact) mass is 353 g/mol. The number of aryl methyl sites for hydroxylation is 2. The lowest BCUT2D eigenvalue weighted by atomic mass is 10.2. The van der Waals surface area contributed by atoms with Crippen LogP contribution in [0.4, 0.5) is 5.82 Å². The van der Waals surface area contributed by atoms with Crippen LogP contribution < -0.4 is 4.90 Å². The van der Waals surface area contributed by atoms with Gasteiger partial charge in [0.25, 0.3) is 5.91 Å². The Morgan fingerprint density at radius 2 is 1.88 bits per heavy atom. The summed E-state index contributed by atoms with van der Waals surface area (Å²) in [5.74, 6) is 2.17. The lowest BCUT2D eigenvalue weighted by Crippen LogP contribution is -2.49. The average molecular weight is 353 g/mol. The fourth-order valence-electron chi connectivity index (χ4n) is 2.97. The van der Waals surface area contributed by atoms with Gasteiger partial charge < -0.3 is 9.80 Å². The molecule has 1 aliphatic rings. The van der Waals surface area contributed by atoms with Gasteiger partial charge in [-0.15, -0.1) is 5.10 Å². The zero-order valence-corrected chi connectivity index (χ0v) is 14.6. The van der Waals surface area contributed by atoms with Crippen molar-refractivity contribution in [1.82, 2.24) is 39.6 Å². The van der Waals surface area contributed by atoms with Gasteiger partial charge >= 0.3 is 0 Å². The van der Waals surface area contributed by atoms with E-state index in [2.05, 4.69) is 30.3 Å². The number of rotatable bonds is 3. The lowest BCUT2D eigenvalue weighted by molar-refractivity contribution is 0.0740. The van der Waals surface area contributed by atoms with Crippen molar-refractivity contribution in [2.45, 2.75) is 6.92 Å². The van der Waals surface area contributed by atoms with Crippen molar-refractivity contribution in [3.05, 3.63) is 42.2 Å². The number of nitrogens with zero attached hydrogens (tertiary/aromatic N) is 9. The number of carbonyl (C=O) groups excluding carboxylic acids is 1. The van der Waals surface area contributed by atoms with E-state index in [-0.39, 0.29) is 5.91 Å². The van der Waals surface area contributed by atoms with Gasteiger partial charge in [-0.25, -0.2) is 14.6 Å². The Morgan fingerprint density at radius 1 is 1.12 bits per heavy atom. The van der Waals surface area contributed by atoms with E-state index in [0.717, 1.165) is 11.6 Å². The van der Waals surface area contributed by atoms with Crippen LogP contribution in [0.3, 0.4) is 0 Å². The average Bonchev–Trinajstić information content (AvgIpc) is 3.32. The van der Waals surface area contributed by atoms with Gasteiger partial charge in [-0.2, -0.15) is 5.10 Å². The minimum absolute atomic E-state index is 0.0890. The molecule has 0 atom stereocenters. The van der Waals surface area contributed by atoms with Crippen molar-refractivity contribution in [3.63, 3.8) is 0 Å². The molecule has 0 bridgehead atoms. The normalized spacial score (nSPS) is 14.7. The third-order valence-corrected chi connectivity index (χ3v) is 4.26. The Bertz CT molecular complexity index is 910. The molecule has 134 valence electrons. The van der Waals surface area contributed by atoms with E-state index in [0.29, 0.717) is 37.7 Å². The lowest BCUT2D eigenvalue weighted by Gasteiger charge is -2.35. The fraction of sp³-hybridized carbons (Fsp3) is 0.375. The number of hydrogen-bond acceptors (Lipinski definition) is 7. The second kappa shape index (κ2) is 6.54. The standard InChI is InChI=1S/C16H19N9O/c1-12-18-14(10-15(19-12)25-5-3-4-17-25)23-6-8-24(9-7-23)16(26)13-11-22(2)21-20-13/h3-5,10-11H,6-9H2,1-2H3. The molecule has 26 heavy (non-hydrogen) atoms. The van der Waals surface area contributed by atoms with Crippen LogP contribution in [0.2, 0.25) is 0 Å². The van der Waals surface area contributed by atoms with E-state index < -0.39 is 0 Å². The summed E-state index contributed by atoms with van der Waals surface area (Å²) in [6.07, 6.45) is 5.20. The van der Waals surface area contributed by atoms with E-state index in [1.54, 1.807) is 29.0 Å². The maximum Gasteiger partial charge on any atom is 0.276 e. The molecule has 0 radical (unpaired) electrons. The highest BCUT2D eigenvalue weighted by molar-refractivity contribution is 5.92. The molecule has 4 rings (SSSR count). The Morgan fingerprint density at radius 3 is 2.54 bits per heavy atom. The second-order valence-corrected chi connectivity index (χ2v) is 6.14. The zero-order chi connectivity index (χ0) is 18.1. The van der Waals surface area contributed by atoms with E-state index in [1.165, 1.54) is 4.68 Å². The van der Waals surface area contributed by atoms with Gasteiger partial charge in [-0.3, -0.25) is 9.48 Å².